The quantitative estimate of drug-likeness (QED) is 0.250. The predicted molar refractivity (Wildman–Crippen MR) is 170 cm³/mol. The van der Waals surface area contributed by atoms with E-state index in [0.29, 0.717) is 23.6 Å². The van der Waals surface area contributed by atoms with E-state index in [2.05, 4.69) is 5.32 Å². The molecule has 0 aliphatic heterocycles. The van der Waals surface area contributed by atoms with Crippen molar-refractivity contribution >= 4 is 27.5 Å². The standard InChI is InChI=1S/C33H43N3O6S/c1-6-25(2)34-33(38)31(22-26-13-8-7-9-14-26)35(24-27-15-10-17-29(21-27)41-3)32(37)19-12-20-36(43(5,39)40)28-16-11-18-30(23-28)42-4/h7-11,13-18,21,23,25,31H,6,12,19-20,22,24H2,1-5H3,(H,34,38)/t25-,31+/m1/s1. The number of sulfonamides is 1. The number of hydrogen-bond acceptors (Lipinski definition) is 6. The molecular weight excluding hydrogens is 566 g/mol. The van der Waals surface area contributed by atoms with E-state index in [-0.39, 0.29) is 43.8 Å². The minimum Gasteiger partial charge on any atom is -0.497 e. The SMILES string of the molecule is CC[C@@H](C)NC(=O)[C@H](Cc1ccccc1)N(Cc1cccc(OC)c1)C(=O)CCCN(c1cccc(OC)c1)S(C)(=O)=O. The molecule has 0 saturated heterocycles. The molecule has 0 radical (unpaired) electrons. The molecule has 1 N–H and O–H groups in total. The summed E-state index contributed by atoms with van der Waals surface area (Å²) < 4.78 is 37.3. The summed E-state index contributed by atoms with van der Waals surface area (Å²) in [7, 11) is -0.534. The van der Waals surface area contributed by atoms with Crippen LogP contribution in [0, 0.1) is 0 Å². The number of anilines is 1. The fraction of sp³-hybridized carbons (Fsp3) is 0.394. The molecule has 0 unspecified atom stereocenters. The fourth-order valence-electron chi connectivity index (χ4n) is 4.73. The topological polar surface area (TPSA) is 105 Å². The van der Waals surface area contributed by atoms with Gasteiger partial charge in [0.05, 0.1) is 26.2 Å². The van der Waals surface area contributed by atoms with E-state index in [1.165, 1.54) is 11.4 Å². The van der Waals surface area contributed by atoms with Gasteiger partial charge in [0.2, 0.25) is 21.8 Å². The number of rotatable bonds is 16. The summed E-state index contributed by atoms with van der Waals surface area (Å²) >= 11 is 0. The van der Waals surface area contributed by atoms with Crippen LogP contribution < -0.4 is 19.1 Å². The molecule has 0 spiro atoms. The molecular formula is C33H43N3O6S. The summed E-state index contributed by atoms with van der Waals surface area (Å²) in [6.45, 7) is 4.20. The second-order valence-corrected chi connectivity index (χ2v) is 12.4. The molecule has 43 heavy (non-hydrogen) atoms. The van der Waals surface area contributed by atoms with Crippen LogP contribution in [-0.4, -0.2) is 64.2 Å². The van der Waals surface area contributed by atoms with Crippen molar-refractivity contribution in [3.63, 3.8) is 0 Å². The van der Waals surface area contributed by atoms with Crippen molar-refractivity contribution < 1.29 is 27.5 Å². The van der Waals surface area contributed by atoms with Crippen molar-refractivity contribution in [3.05, 3.63) is 90.0 Å². The van der Waals surface area contributed by atoms with Gasteiger partial charge < -0.3 is 19.7 Å². The van der Waals surface area contributed by atoms with E-state index < -0.39 is 16.1 Å². The molecule has 9 nitrogen and oxygen atoms in total. The maximum Gasteiger partial charge on any atom is 0.243 e. The van der Waals surface area contributed by atoms with Gasteiger partial charge in [-0.2, -0.15) is 0 Å². The van der Waals surface area contributed by atoms with E-state index in [4.69, 9.17) is 9.47 Å². The second-order valence-electron chi connectivity index (χ2n) is 10.5. The summed E-state index contributed by atoms with van der Waals surface area (Å²) in [5, 5.41) is 3.06. The Kier molecular flexibility index (Phi) is 12.4. The number of hydrogen-bond donors (Lipinski definition) is 1. The third-order valence-electron chi connectivity index (χ3n) is 7.25. The van der Waals surface area contributed by atoms with Crippen LogP contribution in [-0.2, 0) is 32.6 Å². The first-order chi connectivity index (χ1) is 20.5. The highest BCUT2D eigenvalue weighted by Gasteiger charge is 2.31. The van der Waals surface area contributed by atoms with Crippen LogP contribution in [0.3, 0.4) is 0 Å². The van der Waals surface area contributed by atoms with Gasteiger partial charge in [0.1, 0.15) is 17.5 Å². The van der Waals surface area contributed by atoms with Gasteiger partial charge in [-0.25, -0.2) is 8.42 Å². The van der Waals surface area contributed by atoms with Gasteiger partial charge in [0.15, 0.2) is 0 Å². The van der Waals surface area contributed by atoms with Gasteiger partial charge in [0.25, 0.3) is 0 Å². The first-order valence-electron chi connectivity index (χ1n) is 14.4. The Hall–Kier alpha value is -4.05. The molecule has 0 saturated carbocycles. The molecule has 0 bridgehead atoms. The average Bonchev–Trinajstić information content (AvgIpc) is 3.00. The van der Waals surface area contributed by atoms with Crippen molar-refractivity contribution in [2.45, 2.75) is 58.2 Å². The Labute approximate surface area is 255 Å². The normalized spacial score (nSPS) is 12.6. The monoisotopic (exact) mass is 609 g/mol. The van der Waals surface area contributed by atoms with Gasteiger partial charge in [-0.15, -0.1) is 0 Å². The van der Waals surface area contributed by atoms with Crippen molar-refractivity contribution in [2.24, 2.45) is 0 Å². The zero-order chi connectivity index (χ0) is 31.4. The second kappa shape index (κ2) is 16.0. The Bertz CT molecular complexity index is 1450. The molecule has 0 heterocycles. The maximum atomic E-state index is 14.0. The summed E-state index contributed by atoms with van der Waals surface area (Å²) in [6.07, 6.45) is 2.51. The molecule has 2 atom stereocenters. The molecule has 232 valence electrons. The average molecular weight is 610 g/mol. The van der Waals surface area contributed by atoms with Crippen LogP contribution in [0.5, 0.6) is 11.5 Å². The Morgan fingerprint density at radius 3 is 2.14 bits per heavy atom. The van der Waals surface area contributed by atoms with Crippen LogP contribution in [0.15, 0.2) is 78.9 Å². The molecule has 0 fully saturated rings. The van der Waals surface area contributed by atoms with E-state index >= 15 is 0 Å². The van der Waals surface area contributed by atoms with Crippen molar-refractivity contribution in [3.8, 4) is 11.5 Å². The molecule has 2 amide bonds. The number of amides is 2. The zero-order valence-electron chi connectivity index (χ0n) is 25.7. The minimum atomic E-state index is -3.63. The van der Waals surface area contributed by atoms with Gasteiger partial charge in [-0.3, -0.25) is 13.9 Å². The van der Waals surface area contributed by atoms with Crippen LogP contribution >= 0.6 is 0 Å². The lowest BCUT2D eigenvalue weighted by Gasteiger charge is -2.33. The zero-order valence-corrected chi connectivity index (χ0v) is 26.5. The van der Waals surface area contributed by atoms with Crippen molar-refractivity contribution in [1.29, 1.82) is 0 Å². The lowest BCUT2D eigenvalue weighted by atomic mass is 10.0. The predicted octanol–water partition coefficient (Wildman–Crippen LogP) is 4.80. The van der Waals surface area contributed by atoms with Gasteiger partial charge in [-0.05, 0) is 55.2 Å². The van der Waals surface area contributed by atoms with Crippen molar-refractivity contribution in [2.75, 3.05) is 31.3 Å². The summed E-state index contributed by atoms with van der Waals surface area (Å²) in [5.74, 6) is 0.698. The van der Waals surface area contributed by atoms with Gasteiger partial charge in [0, 0.05) is 38.0 Å². The summed E-state index contributed by atoms with van der Waals surface area (Å²) in [5.41, 5.74) is 2.20. The molecule has 0 aliphatic carbocycles. The largest absolute Gasteiger partial charge is 0.497 e. The Morgan fingerprint density at radius 2 is 1.51 bits per heavy atom. The number of carbonyl (C=O) groups is 2. The first-order valence-corrected chi connectivity index (χ1v) is 16.3. The summed E-state index contributed by atoms with van der Waals surface area (Å²) in [4.78, 5) is 29.3. The molecule has 3 rings (SSSR count). The molecule has 0 aromatic heterocycles. The van der Waals surface area contributed by atoms with Crippen molar-refractivity contribution in [1.82, 2.24) is 10.2 Å². The lowest BCUT2D eigenvalue weighted by molar-refractivity contribution is -0.141. The lowest BCUT2D eigenvalue weighted by Crippen LogP contribution is -2.52. The highest BCUT2D eigenvalue weighted by molar-refractivity contribution is 7.92. The number of methoxy groups -OCH3 is 2. The van der Waals surface area contributed by atoms with E-state index in [1.807, 2.05) is 68.4 Å². The Balaban J connectivity index is 1.91. The number of carbonyl (C=O) groups excluding carboxylic acids is 2. The third kappa shape index (κ3) is 10.0. The maximum absolute atomic E-state index is 14.0. The number of nitrogens with one attached hydrogen (secondary N) is 1. The highest BCUT2D eigenvalue weighted by Crippen LogP contribution is 2.24. The Morgan fingerprint density at radius 1 is 0.884 bits per heavy atom. The van der Waals surface area contributed by atoms with Crippen LogP contribution in [0.25, 0.3) is 0 Å². The van der Waals surface area contributed by atoms with Crippen LogP contribution in [0.2, 0.25) is 0 Å². The molecule has 10 heteroatoms. The van der Waals surface area contributed by atoms with Gasteiger partial charge in [-0.1, -0.05) is 55.5 Å². The van der Waals surface area contributed by atoms with E-state index in [1.54, 1.807) is 36.3 Å². The fourth-order valence-corrected chi connectivity index (χ4v) is 5.69. The smallest absolute Gasteiger partial charge is 0.243 e. The van der Waals surface area contributed by atoms with Crippen LogP contribution in [0.4, 0.5) is 5.69 Å². The van der Waals surface area contributed by atoms with Crippen LogP contribution in [0.1, 0.15) is 44.2 Å². The third-order valence-corrected chi connectivity index (χ3v) is 8.45. The van der Waals surface area contributed by atoms with E-state index in [0.717, 1.165) is 23.8 Å². The number of benzene rings is 3. The first kappa shape index (κ1) is 33.5. The number of ether oxygens (including phenoxy) is 2. The molecule has 3 aromatic rings. The highest BCUT2D eigenvalue weighted by atomic mass is 32.2. The minimum absolute atomic E-state index is 0.0435. The molecule has 3 aromatic carbocycles. The van der Waals surface area contributed by atoms with Gasteiger partial charge >= 0.3 is 0 Å². The van der Waals surface area contributed by atoms with E-state index in [9.17, 15) is 18.0 Å². The molecule has 0 aliphatic rings. The number of nitrogens with zero attached hydrogens (tertiary/aromatic N) is 2. The summed E-state index contributed by atoms with van der Waals surface area (Å²) in [6, 6.07) is 23.0.